The maximum atomic E-state index is 13.0. The average molecular weight is 429 g/mol. The fraction of sp³-hybridized carbons (Fsp3) is 0.318. The molecule has 0 saturated heterocycles. The average Bonchev–Trinajstić information content (AvgIpc) is 2.98. The second kappa shape index (κ2) is 8.59. The maximum absolute atomic E-state index is 13.0. The van der Waals surface area contributed by atoms with Crippen molar-refractivity contribution < 1.29 is 13.2 Å². The van der Waals surface area contributed by atoms with E-state index < -0.39 is 10.0 Å². The van der Waals surface area contributed by atoms with Gasteiger partial charge in [0.2, 0.25) is 15.9 Å². The summed E-state index contributed by atoms with van der Waals surface area (Å²) in [5.41, 5.74) is 3.31. The summed E-state index contributed by atoms with van der Waals surface area (Å²) >= 11 is 0. The predicted octanol–water partition coefficient (Wildman–Crippen LogP) is 3.03. The van der Waals surface area contributed by atoms with E-state index >= 15 is 0 Å². The van der Waals surface area contributed by atoms with E-state index in [0.717, 1.165) is 16.5 Å². The van der Waals surface area contributed by atoms with Crippen LogP contribution >= 0.6 is 0 Å². The third kappa shape index (κ3) is 4.56. The molecule has 2 N–H and O–H groups in total. The molecule has 1 atom stereocenters. The van der Waals surface area contributed by atoms with Gasteiger partial charge in [0.25, 0.3) is 0 Å². The van der Waals surface area contributed by atoms with Crippen molar-refractivity contribution in [2.45, 2.75) is 24.8 Å². The molecule has 7 nitrogen and oxygen atoms in total. The fourth-order valence-corrected chi connectivity index (χ4v) is 4.97. The highest BCUT2D eigenvalue weighted by molar-refractivity contribution is 7.89. The molecule has 3 aromatic rings. The summed E-state index contributed by atoms with van der Waals surface area (Å²) in [5, 5.41) is 3.77. The lowest BCUT2D eigenvalue weighted by Crippen LogP contribution is -2.34. The summed E-state index contributed by atoms with van der Waals surface area (Å²) in [6.07, 6.45) is 2.05. The van der Waals surface area contributed by atoms with Crippen molar-refractivity contribution in [3.63, 3.8) is 0 Å². The summed E-state index contributed by atoms with van der Waals surface area (Å²) in [4.78, 5) is 13.4. The molecule has 2 aromatic carbocycles. The summed E-state index contributed by atoms with van der Waals surface area (Å²) in [5.74, 6) is -0.202. The quantitative estimate of drug-likeness (QED) is 0.606. The van der Waals surface area contributed by atoms with E-state index in [2.05, 4.69) is 32.9 Å². The van der Waals surface area contributed by atoms with Crippen LogP contribution in [0, 0.1) is 6.92 Å². The lowest BCUT2D eigenvalue weighted by molar-refractivity contribution is -0.114. The number of nitrogens with one attached hydrogen (secondary N) is 2. The second-order valence-corrected chi connectivity index (χ2v) is 9.44. The van der Waals surface area contributed by atoms with Crippen molar-refractivity contribution in [1.29, 1.82) is 0 Å². The van der Waals surface area contributed by atoms with Gasteiger partial charge in [-0.15, -0.1) is 0 Å². The van der Waals surface area contributed by atoms with E-state index in [0.29, 0.717) is 11.3 Å². The Morgan fingerprint density at radius 1 is 1.17 bits per heavy atom. The van der Waals surface area contributed by atoms with Gasteiger partial charge in [0.1, 0.15) is 0 Å². The molecule has 30 heavy (non-hydrogen) atoms. The molecule has 0 spiro atoms. The van der Waals surface area contributed by atoms with E-state index in [-0.39, 0.29) is 23.4 Å². The van der Waals surface area contributed by atoms with Crippen molar-refractivity contribution in [2.24, 2.45) is 7.05 Å². The lowest BCUT2D eigenvalue weighted by atomic mass is 10.1. The minimum atomic E-state index is -3.72. The van der Waals surface area contributed by atoms with Crippen LogP contribution in [0.15, 0.2) is 53.6 Å². The smallest absolute Gasteiger partial charge is 0.240 e. The van der Waals surface area contributed by atoms with Crippen LogP contribution in [0.25, 0.3) is 10.9 Å². The van der Waals surface area contributed by atoms with Crippen molar-refractivity contribution in [1.82, 2.24) is 14.2 Å². The molecule has 1 amide bonds. The van der Waals surface area contributed by atoms with Crippen LogP contribution in [0.3, 0.4) is 0 Å². The highest BCUT2D eigenvalue weighted by Gasteiger charge is 2.23. The number of carbonyl (C=O) groups excluding carboxylic acids is 1. The third-order valence-electron chi connectivity index (χ3n) is 5.16. The topological polar surface area (TPSA) is 83.4 Å². The van der Waals surface area contributed by atoms with E-state index in [1.807, 2.05) is 38.2 Å². The molecule has 0 aliphatic rings. The van der Waals surface area contributed by atoms with Gasteiger partial charge in [-0.05, 0) is 56.4 Å². The predicted molar refractivity (Wildman–Crippen MR) is 120 cm³/mol. The van der Waals surface area contributed by atoms with Crippen molar-refractivity contribution in [2.75, 3.05) is 26.0 Å². The first-order chi connectivity index (χ1) is 14.1. The highest BCUT2D eigenvalue weighted by atomic mass is 32.2. The minimum absolute atomic E-state index is 0.134. The summed E-state index contributed by atoms with van der Waals surface area (Å²) in [7, 11) is 2.15. The molecule has 0 radical (unpaired) electrons. The number of likely N-dealkylation sites (N-methyl/N-ethyl adjacent to an activating group) is 1. The van der Waals surface area contributed by atoms with Gasteiger partial charge in [0.15, 0.2) is 0 Å². The number of para-hydroxylation sites is 1. The number of hydrogen-bond acceptors (Lipinski definition) is 4. The Kier molecular flexibility index (Phi) is 6.30. The van der Waals surface area contributed by atoms with Crippen LogP contribution in [0.4, 0.5) is 5.69 Å². The zero-order valence-electron chi connectivity index (χ0n) is 17.9. The molecule has 0 aliphatic heterocycles. The number of amides is 1. The highest BCUT2D eigenvalue weighted by Crippen LogP contribution is 2.29. The number of benzene rings is 2. The summed E-state index contributed by atoms with van der Waals surface area (Å²) < 4.78 is 30.8. The number of anilines is 1. The van der Waals surface area contributed by atoms with Gasteiger partial charge in [0, 0.05) is 49.3 Å². The zero-order chi connectivity index (χ0) is 22.1. The molecule has 3 rings (SSSR count). The van der Waals surface area contributed by atoms with Crippen LogP contribution in [0.5, 0.6) is 0 Å². The largest absolute Gasteiger partial charge is 0.350 e. The Morgan fingerprint density at radius 3 is 2.50 bits per heavy atom. The molecule has 8 heteroatoms. The number of sulfonamides is 1. The Morgan fingerprint density at radius 2 is 1.87 bits per heavy atom. The molecule has 1 heterocycles. The normalized spacial score (nSPS) is 13.0. The maximum Gasteiger partial charge on any atom is 0.240 e. The first-order valence-corrected chi connectivity index (χ1v) is 11.2. The van der Waals surface area contributed by atoms with Crippen molar-refractivity contribution in [3.05, 3.63) is 59.8 Å². The molecule has 1 aromatic heterocycles. The van der Waals surface area contributed by atoms with Gasteiger partial charge in [-0.25, -0.2) is 13.1 Å². The minimum Gasteiger partial charge on any atom is -0.350 e. The molecular weight excluding hydrogens is 400 g/mol. The monoisotopic (exact) mass is 428 g/mol. The Bertz CT molecular complexity index is 1180. The summed E-state index contributed by atoms with van der Waals surface area (Å²) in [6.45, 7) is 3.36. The van der Waals surface area contributed by atoms with Gasteiger partial charge in [-0.1, -0.05) is 18.2 Å². The number of nitrogens with zero attached hydrogens (tertiary/aromatic N) is 2. The van der Waals surface area contributed by atoms with Crippen LogP contribution < -0.4 is 10.0 Å². The Hall–Kier alpha value is -2.68. The van der Waals surface area contributed by atoms with Gasteiger partial charge in [-0.2, -0.15) is 0 Å². The fourth-order valence-electron chi connectivity index (χ4n) is 3.71. The molecule has 0 bridgehead atoms. The van der Waals surface area contributed by atoms with Gasteiger partial charge >= 0.3 is 0 Å². The van der Waals surface area contributed by atoms with Crippen LogP contribution in [-0.2, 0) is 21.9 Å². The van der Waals surface area contributed by atoms with E-state index in [1.165, 1.54) is 13.0 Å². The van der Waals surface area contributed by atoms with Crippen molar-refractivity contribution in [3.8, 4) is 0 Å². The number of aromatic nitrogens is 1. The Labute approximate surface area is 177 Å². The number of carbonyl (C=O) groups is 1. The van der Waals surface area contributed by atoms with E-state index in [4.69, 9.17) is 0 Å². The lowest BCUT2D eigenvalue weighted by Gasteiger charge is -2.24. The van der Waals surface area contributed by atoms with Crippen LogP contribution in [0.2, 0.25) is 0 Å². The van der Waals surface area contributed by atoms with Gasteiger partial charge in [0.05, 0.1) is 4.90 Å². The first-order valence-electron chi connectivity index (χ1n) is 9.68. The molecule has 0 saturated carbocycles. The summed E-state index contributed by atoms with van der Waals surface area (Å²) in [6, 6.07) is 12.7. The van der Waals surface area contributed by atoms with Crippen LogP contribution in [0.1, 0.15) is 24.1 Å². The Balaban J connectivity index is 1.86. The van der Waals surface area contributed by atoms with E-state index in [1.54, 1.807) is 19.1 Å². The SMILES string of the molecule is CC(=O)Nc1ccc(S(=O)(=O)NCC(c2cn(C)c3ccccc23)N(C)C)c(C)c1. The number of aryl methyl sites for hydroxylation is 2. The van der Waals surface area contributed by atoms with Gasteiger partial charge in [-0.3, -0.25) is 4.79 Å². The van der Waals surface area contributed by atoms with Gasteiger partial charge < -0.3 is 14.8 Å². The molecule has 160 valence electrons. The second-order valence-electron chi connectivity index (χ2n) is 7.71. The first kappa shape index (κ1) is 22.0. The molecular formula is C22H28N4O3S. The number of hydrogen-bond donors (Lipinski definition) is 2. The molecule has 0 aliphatic carbocycles. The number of fused-ring (bicyclic) bond motifs is 1. The van der Waals surface area contributed by atoms with E-state index in [9.17, 15) is 13.2 Å². The van der Waals surface area contributed by atoms with Crippen molar-refractivity contribution >= 4 is 32.5 Å². The number of rotatable bonds is 7. The van der Waals surface area contributed by atoms with Crippen LogP contribution in [-0.4, -0.2) is 44.4 Å². The molecule has 0 fully saturated rings. The standard InChI is InChI=1S/C22H28N4O3S/c1-15-12-17(24-16(2)27)10-11-22(15)30(28,29)23-13-21(25(3)4)19-14-26(5)20-9-7-6-8-18(19)20/h6-12,14,21,23H,13H2,1-5H3,(H,24,27). The third-order valence-corrected chi connectivity index (χ3v) is 6.75. The zero-order valence-corrected chi connectivity index (χ0v) is 18.7. The molecule has 1 unspecified atom stereocenters.